The Morgan fingerprint density at radius 1 is 1.27 bits per heavy atom. The zero-order valence-corrected chi connectivity index (χ0v) is 14.1. The van der Waals surface area contributed by atoms with Crippen molar-refractivity contribution in [2.75, 3.05) is 6.61 Å². The normalized spacial score (nSPS) is 24.5. The highest BCUT2D eigenvalue weighted by atomic mass is 35.5. The molecule has 0 aromatic heterocycles. The number of hydrogen-bond acceptors (Lipinski definition) is 5. The van der Waals surface area contributed by atoms with E-state index in [1.165, 1.54) is 0 Å². The molecule has 1 fully saturated rings. The molecule has 1 aromatic rings. The van der Waals surface area contributed by atoms with Gasteiger partial charge in [0.25, 0.3) is 0 Å². The highest BCUT2D eigenvalue weighted by molar-refractivity contribution is 7.84. The van der Waals surface area contributed by atoms with Crippen molar-refractivity contribution in [3.63, 3.8) is 0 Å². The monoisotopic (exact) mass is 349 g/mol. The lowest BCUT2D eigenvalue weighted by Crippen LogP contribution is -2.31. The zero-order chi connectivity index (χ0) is 16.4. The molecule has 2 N–H and O–H groups in total. The average molecular weight is 350 g/mol. The summed E-state index contributed by atoms with van der Waals surface area (Å²) >= 11 is 6.22. The van der Waals surface area contributed by atoms with Crippen LogP contribution >= 0.6 is 11.6 Å². The Bertz CT molecular complexity index is 617. The van der Waals surface area contributed by atoms with E-state index in [4.69, 9.17) is 26.2 Å². The highest BCUT2D eigenvalue weighted by Crippen LogP contribution is 2.44. The van der Waals surface area contributed by atoms with Crippen LogP contribution in [-0.2, 0) is 24.0 Å². The largest absolute Gasteiger partial charge is 0.341 e. The maximum atomic E-state index is 11.0. The van der Waals surface area contributed by atoms with Crippen molar-refractivity contribution in [1.29, 1.82) is 0 Å². The third-order valence-electron chi connectivity index (χ3n) is 3.73. The molecule has 2 atom stereocenters. The Kier molecular flexibility index (Phi) is 5.47. The predicted molar refractivity (Wildman–Crippen MR) is 82.5 cm³/mol. The predicted octanol–water partition coefficient (Wildman–Crippen LogP) is 2.53. The summed E-state index contributed by atoms with van der Waals surface area (Å²) in [4.78, 5) is 0. The molecule has 0 amide bonds. The Balaban J connectivity index is 2.29. The van der Waals surface area contributed by atoms with E-state index in [2.05, 4.69) is 4.18 Å². The van der Waals surface area contributed by atoms with E-state index in [-0.39, 0.29) is 6.61 Å². The third-order valence-corrected chi connectivity index (χ3v) is 4.54. The quantitative estimate of drug-likeness (QED) is 0.852. The fraction of sp³-hybridized carbons (Fsp3) is 0.571. The van der Waals surface area contributed by atoms with Crippen LogP contribution in [0.4, 0.5) is 0 Å². The molecule has 0 radical (unpaired) electrons. The summed E-state index contributed by atoms with van der Waals surface area (Å²) in [5, 5.41) is 5.42. The number of hydrogen-bond donors (Lipinski definition) is 1. The van der Waals surface area contributed by atoms with Crippen LogP contribution in [-0.4, -0.2) is 26.9 Å². The number of rotatable bonds is 6. The van der Waals surface area contributed by atoms with Gasteiger partial charge >= 0.3 is 10.3 Å². The van der Waals surface area contributed by atoms with Crippen LogP contribution in [0.1, 0.15) is 38.4 Å². The minimum absolute atomic E-state index is 0.226. The van der Waals surface area contributed by atoms with E-state index in [9.17, 15) is 8.42 Å². The topological polar surface area (TPSA) is 87.9 Å². The first-order valence-electron chi connectivity index (χ1n) is 7.07. The summed E-state index contributed by atoms with van der Waals surface area (Å²) in [6, 6.07) is 7.21. The van der Waals surface area contributed by atoms with E-state index in [0.29, 0.717) is 17.9 Å². The van der Waals surface area contributed by atoms with Crippen molar-refractivity contribution in [2.45, 2.75) is 44.7 Å². The molecule has 8 heteroatoms. The second kappa shape index (κ2) is 6.82. The Morgan fingerprint density at radius 2 is 1.91 bits per heavy atom. The molecule has 1 saturated heterocycles. The molecule has 0 aliphatic carbocycles. The van der Waals surface area contributed by atoms with E-state index in [0.717, 1.165) is 5.56 Å². The molecule has 0 saturated carbocycles. The van der Waals surface area contributed by atoms with Gasteiger partial charge in [-0.3, -0.25) is 4.18 Å². The van der Waals surface area contributed by atoms with Gasteiger partial charge in [-0.15, -0.1) is 0 Å². The fourth-order valence-corrected chi connectivity index (χ4v) is 3.08. The van der Waals surface area contributed by atoms with Gasteiger partial charge in [0.15, 0.2) is 5.79 Å². The summed E-state index contributed by atoms with van der Waals surface area (Å²) in [6.07, 6.45) is 0.112. The van der Waals surface area contributed by atoms with Gasteiger partial charge in [0.2, 0.25) is 0 Å². The van der Waals surface area contributed by atoms with Crippen molar-refractivity contribution in [1.82, 2.24) is 0 Å². The van der Waals surface area contributed by atoms with Gasteiger partial charge < -0.3 is 9.47 Å². The molecule has 0 spiro atoms. The molecular formula is C14H20ClNO5S. The van der Waals surface area contributed by atoms with E-state index in [1.807, 2.05) is 32.0 Å². The summed E-state index contributed by atoms with van der Waals surface area (Å²) in [5.74, 6) is -0.782. The number of halogens is 1. The molecule has 0 bridgehead atoms. The van der Waals surface area contributed by atoms with Crippen molar-refractivity contribution in [3.8, 4) is 0 Å². The summed E-state index contributed by atoms with van der Waals surface area (Å²) < 4.78 is 38.8. The SMILES string of the molecule is CCC1(CC)OC(c2ccccc2Cl)[C@H](COS(N)(=O)=O)O1. The van der Waals surface area contributed by atoms with E-state index >= 15 is 0 Å². The van der Waals surface area contributed by atoms with Gasteiger partial charge in [0.1, 0.15) is 12.2 Å². The molecular weight excluding hydrogens is 330 g/mol. The van der Waals surface area contributed by atoms with Crippen LogP contribution in [0.2, 0.25) is 5.02 Å². The average Bonchev–Trinajstić information content (AvgIpc) is 2.85. The molecule has 1 aromatic carbocycles. The molecule has 1 aliphatic rings. The summed E-state index contributed by atoms with van der Waals surface area (Å²) in [5.41, 5.74) is 0.732. The van der Waals surface area contributed by atoms with Gasteiger partial charge in [-0.2, -0.15) is 8.42 Å². The van der Waals surface area contributed by atoms with E-state index < -0.39 is 28.3 Å². The van der Waals surface area contributed by atoms with Crippen molar-refractivity contribution < 1.29 is 22.1 Å². The smallest absolute Gasteiger partial charge is 0.333 e. The molecule has 124 valence electrons. The minimum atomic E-state index is -4.05. The van der Waals surface area contributed by atoms with Gasteiger partial charge in [0.05, 0.1) is 6.61 Å². The maximum Gasteiger partial charge on any atom is 0.333 e. The Labute approximate surface area is 135 Å². The van der Waals surface area contributed by atoms with Crippen molar-refractivity contribution >= 4 is 21.9 Å². The van der Waals surface area contributed by atoms with Gasteiger partial charge in [-0.1, -0.05) is 43.6 Å². The Hall–Kier alpha value is -0.700. The summed E-state index contributed by atoms with van der Waals surface area (Å²) in [6.45, 7) is 3.66. The van der Waals surface area contributed by atoms with Crippen LogP contribution in [0.3, 0.4) is 0 Å². The lowest BCUT2D eigenvalue weighted by atomic mass is 10.1. The van der Waals surface area contributed by atoms with Crippen LogP contribution in [0.5, 0.6) is 0 Å². The summed E-state index contributed by atoms with van der Waals surface area (Å²) in [7, 11) is -4.05. The molecule has 2 rings (SSSR count). The first kappa shape index (κ1) is 17.7. The fourth-order valence-electron chi connectivity index (χ4n) is 2.51. The first-order chi connectivity index (χ1) is 10.3. The standard InChI is InChI=1S/C14H20ClNO5S/c1-3-14(4-2)20-12(9-19-22(16,17)18)13(21-14)10-7-5-6-8-11(10)15/h5-8,12-13H,3-4,9H2,1-2H3,(H2,16,17,18)/t12-,13?/m0/s1. The third kappa shape index (κ3) is 3.98. The first-order valence-corrected chi connectivity index (χ1v) is 8.92. The molecule has 1 unspecified atom stereocenters. The second-order valence-corrected chi connectivity index (χ2v) is 6.74. The van der Waals surface area contributed by atoms with E-state index in [1.54, 1.807) is 6.07 Å². The van der Waals surface area contributed by atoms with Crippen molar-refractivity contribution in [3.05, 3.63) is 34.9 Å². The van der Waals surface area contributed by atoms with Crippen LogP contribution in [0.15, 0.2) is 24.3 Å². The van der Waals surface area contributed by atoms with Gasteiger partial charge in [-0.25, -0.2) is 5.14 Å². The van der Waals surface area contributed by atoms with Crippen LogP contribution in [0, 0.1) is 0 Å². The Morgan fingerprint density at radius 3 is 2.45 bits per heavy atom. The molecule has 1 aliphatic heterocycles. The molecule has 6 nitrogen and oxygen atoms in total. The van der Waals surface area contributed by atoms with Crippen molar-refractivity contribution in [2.24, 2.45) is 5.14 Å². The lowest BCUT2D eigenvalue weighted by Gasteiger charge is -2.25. The second-order valence-electron chi connectivity index (χ2n) is 5.11. The molecule has 1 heterocycles. The van der Waals surface area contributed by atoms with Crippen LogP contribution in [0.25, 0.3) is 0 Å². The minimum Gasteiger partial charge on any atom is -0.341 e. The maximum absolute atomic E-state index is 11.0. The lowest BCUT2D eigenvalue weighted by molar-refractivity contribution is -0.181. The van der Waals surface area contributed by atoms with Gasteiger partial charge in [-0.05, 0) is 18.9 Å². The number of ether oxygens (including phenoxy) is 2. The number of benzene rings is 1. The highest BCUT2D eigenvalue weighted by Gasteiger charge is 2.47. The van der Waals surface area contributed by atoms with Crippen LogP contribution < -0.4 is 5.14 Å². The zero-order valence-electron chi connectivity index (χ0n) is 12.5. The molecule has 22 heavy (non-hydrogen) atoms. The number of nitrogens with two attached hydrogens (primary N) is 1. The van der Waals surface area contributed by atoms with Gasteiger partial charge in [0, 0.05) is 10.6 Å².